The lowest BCUT2D eigenvalue weighted by atomic mass is 9.98. The maximum atomic E-state index is 12.3. The molecular formula is C17H20N2O4. The van der Waals surface area contributed by atoms with Gasteiger partial charge in [-0.15, -0.1) is 0 Å². The molecule has 6 heteroatoms. The fourth-order valence-corrected chi connectivity index (χ4v) is 3.17. The number of ether oxygens (including phenoxy) is 1. The molecule has 2 saturated heterocycles. The molecule has 0 N–H and O–H groups in total. The lowest BCUT2D eigenvalue weighted by molar-refractivity contribution is -0.145. The number of benzene rings is 1. The fourth-order valence-electron chi connectivity index (χ4n) is 3.17. The summed E-state index contributed by atoms with van der Waals surface area (Å²) in [6.07, 6.45) is 1.33. The standard InChI is InChI=1S/C17H20N2O4/c1-23-14-4-2-12(3-5-14)13-8-9-18(10-13)17(22)11-19-15(20)6-7-16(19)21/h2-5,13H,6-11H2,1H3. The van der Waals surface area contributed by atoms with Crippen molar-refractivity contribution in [2.24, 2.45) is 0 Å². The highest BCUT2D eigenvalue weighted by Gasteiger charge is 2.34. The van der Waals surface area contributed by atoms with E-state index in [1.54, 1.807) is 12.0 Å². The quantitative estimate of drug-likeness (QED) is 0.782. The highest BCUT2D eigenvalue weighted by Crippen LogP contribution is 2.28. The minimum Gasteiger partial charge on any atom is -0.497 e. The van der Waals surface area contributed by atoms with Crippen molar-refractivity contribution in [3.63, 3.8) is 0 Å². The molecule has 6 nitrogen and oxygen atoms in total. The summed E-state index contributed by atoms with van der Waals surface area (Å²) in [5.41, 5.74) is 1.18. The first-order chi connectivity index (χ1) is 11.1. The number of carbonyl (C=O) groups is 3. The summed E-state index contributed by atoms with van der Waals surface area (Å²) in [6, 6.07) is 7.87. The molecule has 0 radical (unpaired) electrons. The van der Waals surface area contributed by atoms with Gasteiger partial charge in [-0.2, -0.15) is 0 Å². The van der Waals surface area contributed by atoms with E-state index in [9.17, 15) is 14.4 Å². The van der Waals surface area contributed by atoms with Gasteiger partial charge in [0.1, 0.15) is 12.3 Å². The molecule has 1 unspecified atom stereocenters. The molecule has 0 spiro atoms. The van der Waals surface area contributed by atoms with Gasteiger partial charge < -0.3 is 9.64 Å². The van der Waals surface area contributed by atoms with E-state index in [0.29, 0.717) is 13.1 Å². The van der Waals surface area contributed by atoms with E-state index < -0.39 is 0 Å². The number of hydrogen-bond donors (Lipinski definition) is 0. The van der Waals surface area contributed by atoms with Gasteiger partial charge in [0.25, 0.3) is 0 Å². The monoisotopic (exact) mass is 316 g/mol. The minimum atomic E-state index is -0.241. The Bertz CT molecular complexity index is 610. The van der Waals surface area contributed by atoms with Crippen molar-refractivity contribution in [1.82, 2.24) is 9.80 Å². The Morgan fingerprint density at radius 3 is 2.43 bits per heavy atom. The number of nitrogens with zero attached hydrogens (tertiary/aromatic N) is 2. The first kappa shape index (κ1) is 15.5. The van der Waals surface area contributed by atoms with Gasteiger partial charge in [0, 0.05) is 31.8 Å². The Hall–Kier alpha value is -2.37. The Labute approximate surface area is 135 Å². The summed E-state index contributed by atoms with van der Waals surface area (Å²) in [7, 11) is 1.63. The predicted octanol–water partition coefficient (Wildman–Crippen LogP) is 1.16. The van der Waals surface area contributed by atoms with Crippen molar-refractivity contribution in [1.29, 1.82) is 0 Å². The number of methoxy groups -OCH3 is 1. The lowest BCUT2D eigenvalue weighted by Crippen LogP contribution is -2.41. The summed E-state index contributed by atoms with van der Waals surface area (Å²) in [5.74, 6) is 0.466. The van der Waals surface area contributed by atoms with Crippen LogP contribution < -0.4 is 4.74 Å². The number of rotatable bonds is 4. The molecule has 1 aromatic carbocycles. The second-order valence-electron chi connectivity index (χ2n) is 5.97. The van der Waals surface area contributed by atoms with E-state index in [4.69, 9.17) is 4.74 Å². The maximum Gasteiger partial charge on any atom is 0.242 e. The molecule has 3 rings (SSSR count). The summed E-state index contributed by atoms with van der Waals surface area (Å²) in [6.45, 7) is 1.17. The molecule has 2 heterocycles. The first-order valence-corrected chi connectivity index (χ1v) is 7.83. The molecule has 23 heavy (non-hydrogen) atoms. The Morgan fingerprint density at radius 2 is 1.83 bits per heavy atom. The number of carbonyl (C=O) groups excluding carboxylic acids is 3. The van der Waals surface area contributed by atoms with Crippen LogP contribution in [-0.4, -0.2) is 54.3 Å². The van der Waals surface area contributed by atoms with E-state index in [1.807, 2.05) is 24.3 Å². The largest absolute Gasteiger partial charge is 0.497 e. The van der Waals surface area contributed by atoms with Gasteiger partial charge in [0.15, 0.2) is 0 Å². The van der Waals surface area contributed by atoms with Gasteiger partial charge >= 0.3 is 0 Å². The summed E-state index contributed by atoms with van der Waals surface area (Å²) in [4.78, 5) is 38.4. The van der Waals surface area contributed by atoms with Gasteiger partial charge in [-0.05, 0) is 24.1 Å². The first-order valence-electron chi connectivity index (χ1n) is 7.83. The van der Waals surface area contributed by atoms with Crippen LogP contribution in [0.4, 0.5) is 0 Å². The second-order valence-corrected chi connectivity index (χ2v) is 5.97. The molecule has 2 fully saturated rings. The third-order valence-electron chi connectivity index (χ3n) is 4.58. The van der Waals surface area contributed by atoms with Crippen LogP contribution in [0.3, 0.4) is 0 Å². The average Bonchev–Trinajstić information content (AvgIpc) is 3.17. The molecular weight excluding hydrogens is 296 g/mol. The van der Waals surface area contributed by atoms with Crippen LogP contribution in [0.15, 0.2) is 24.3 Å². The minimum absolute atomic E-state index is 0.118. The summed E-state index contributed by atoms with van der Waals surface area (Å²) >= 11 is 0. The van der Waals surface area contributed by atoms with E-state index in [1.165, 1.54) is 5.56 Å². The van der Waals surface area contributed by atoms with Crippen LogP contribution in [0, 0.1) is 0 Å². The van der Waals surface area contributed by atoms with Gasteiger partial charge in [-0.1, -0.05) is 12.1 Å². The molecule has 2 aliphatic rings. The highest BCUT2D eigenvalue weighted by atomic mass is 16.5. The maximum absolute atomic E-state index is 12.3. The zero-order valence-electron chi connectivity index (χ0n) is 13.2. The number of likely N-dealkylation sites (tertiary alicyclic amines) is 2. The SMILES string of the molecule is COc1ccc(C2CCN(C(=O)CN3C(=O)CCC3=O)C2)cc1. The van der Waals surface area contributed by atoms with Crippen molar-refractivity contribution in [2.45, 2.75) is 25.2 Å². The van der Waals surface area contributed by atoms with Gasteiger partial charge in [0.05, 0.1) is 7.11 Å². The zero-order chi connectivity index (χ0) is 16.4. The van der Waals surface area contributed by atoms with Crippen molar-refractivity contribution >= 4 is 17.7 Å². The summed E-state index contributed by atoms with van der Waals surface area (Å²) < 4.78 is 5.15. The van der Waals surface area contributed by atoms with Crippen LogP contribution in [0.25, 0.3) is 0 Å². The topological polar surface area (TPSA) is 66.9 Å². The molecule has 3 amide bonds. The zero-order valence-corrected chi connectivity index (χ0v) is 13.2. The smallest absolute Gasteiger partial charge is 0.242 e. The number of imide groups is 1. The molecule has 0 saturated carbocycles. The van der Waals surface area contributed by atoms with Crippen molar-refractivity contribution < 1.29 is 19.1 Å². The second kappa shape index (κ2) is 6.40. The van der Waals surface area contributed by atoms with Crippen molar-refractivity contribution in [3.8, 4) is 5.75 Å². The van der Waals surface area contributed by atoms with Crippen LogP contribution in [0.1, 0.15) is 30.7 Å². The molecule has 0 bridgehead atoms. The van der Waals surface area contributed by atoms with E-state index in [0.717, 1.165) is 17.1 Å². The fraction of sp³-hybridized carbons (Fsp3) is 0.471. The van der Waals surface area contributed by atoms with Gasteiger partial charge in [-0.25, -0.2) is 0 Å². The van der Waals surface area contributed by atoms with Gasteiger partial charge in [-0.3, -0.25) is 19.3 Å². The van der Waals surface area contributed by atoms with Crippen molar-refractivity contribution in [3.05, 3.63) is 29.8 Å². The van der Waals surface area contributed by atoms with Crippen molar-refractivity contribution in [2.75, 3.05) is 26.7 Å². The highest BCUT2D eigenvalue weighted by molar-refractivity contribution is 6.04. The van der Waals surface area contributed by atoms with Crippen LogP contribution in [0.2, 0.25) is 0 Å². The van der Waals surface area contributed by atoms with Crippen LogP contribution >= 0.6 is 0 Å². The van der Waals surface area contributed by atoms with Gasteiger partial charge in [0.2, 0.25) is 17.7 Å². The van der Waals surface area contributed by atoms with Crippen LogP contribution in [-0.2, 0) is 14.4 Å². The summed E-state index contributed by atoms with van der Waals surface area (Å²) in [5, 5.41) is 0. The van der Waals surface area contributed by atoms with Crippen LogP contribution in [0.5, 0.6) is 5.75 Å². The molecule has 1 aromatic rings. The van der Waals surface area contributed by atoms with E-state index in [2.05, 4.69) is 0 Å². The molecule has 1 atom stereocenters. The Balaban J connectivity index is 1.59. The average molecular weight is 316 g/mol. The lowest BCUT2D eigenvalue weighted by Gasteiger charge is -2.20. The third-order valence-corrected chi connectivity index (χ3v) is 4.58. The Kier molecular flexibility index (Phi) is 4.32. The van der Waals surface area contributed by atoms with E-state index >= 15 is 0 Å². The molecule has 0 aliphatic carbocycles. The number of hydrogen-bond acceptors (Lipinski definition) is 4. The predicted molar refractivity (Wildman–Crippen MR) is 82.9 cm³/mol. The Morgan fingerprint density at radius 1 is 1.17 bits per heavy atom. The molecule has 122 valence electrons. The number of amides is 3. The molecule has 0 aromatic heterocycles. The third kappa shape index (κ3) is 3.21. The van der Waals surface area contributed by atoms with E-state index in [-0.39, 0.29) is 43.0 Å². The molecule has 2 aliphatic heterocycles. The normalized spacial score (nSPS) is 21.2.